The highest BCUT2D eigenvalue weighted by atomic mass is 32.1. The Morgan fingerprint density at radius 1 is 0.638 bits per heavy atom. The molecular weight excluding hydrogens is 797 g/mol. The van der Waals surface area contributed by atoms with Crippen LogP contribution in [0.4, 0.5) is 0 Å². The first-order valence-corrected chi connectivity index (χ1v) is 20.2. The first kappa shape index (κ1) is 51.4. The van der Waals surface area contributed by atoms with Gasteiger partial charge in [0.15, 0.2) is 0 Å². The summed E-state index contributed by atoms with van der Waals surface area (Å²) in [7, 11) is 0. The fraction of sp³-hybridized carbons (Fsp3) is 0.622. The number of aliphatic hydroxyl groups excluding tert-OH is 1. The van der Waals surface area contributed by atoms with Gasteiger partial charge in [0.25, 0.3) is 0 Å². The number of aromatic hydroxyl groups is 1. The van der Waals surface area contributed by atoms with Crippen LogP contribution >= 0.6 is 25.3 Å². The number of nitrogens with one attached hydrogen (secondary N) is 7. The Hall–Kier alpha value is -4.60. The van der Waals surface area contributed by atoms with Gasteiger partial charge in [-0.2, -0.15) is 25.3 Å². The molecule has 0 fully saturated rings. The third-order valence-corrected chi connectivity index (χ3v) is 10.2. The van der Waals surface area contributed by atoms with E-state index in [0.717, 1.165) is 0 Å². The summed E-state index contributed by atoms with van der Waals surface area (Å²) in [6.45, 7) is 8.68. The van der Waals surface area contributed by atoms with E-state index in [1.165, 1.54) is 24.3 Å². The molecule has 58 heavy (non-hydrogen) atoms. The summed E-state index contributed by atoms with van der Waals surface area (Å²) in [5.74, 6) is -8.42. The molecule has 0 spiro atoms. The van der Waals surface area contributed by atoms with Crippen molar-refractivity contribution in [3.63, 3.8) is 0 Å². The molecule has 326 valence electrons. The van der Waals surface area contributed by atoms with Gasteiger partial charge in [0.2, 0.25) is 41.4 Å². The van der Waals surface area contributed by atoms with Gasteiger partial charge in [-0.05, 0) is 35.4 Å². The molecule has 1 aromatic carbocycles. The van der Waals surface area contributed by atoms with Crippen molar-refractivity contribution in [3.8, 4) is 5.75 Å². The summed E-state index contributed by atoms with van der Waals surface area (Å²) in [5, 5.41) is 46.5. The van der Waals surface area contributed by atoms with Crippen LogP contribution in [0.25, 0.3) is 0 Å². The highest BCUT2D eigenvalue weighted by molar-refractivity contribution is 7.80. The Kier molecular flexibility index (Phi) is 22.8. The predicted octanol–water partition coefficient (Wildman–Crippen LogP) is -2.03. The zero-order chi connectivity index (χ0) is 44.3. The lowest BCUT2D eigenvalue weighted by Gasteiger charge is -2.29. The third-order valence-electron chi connectivity index (χ3n) is 9.43. The first-order chi connectivity index (χ1) is 27.2. The van der Waals surface area contributed by atoms with Crippen LogP contribution in [0.2, 0.25) is 0 Å². The Morgan fingerprint density at radius 3 is 1.60 bits per heavy atom. The summed E-state index contributed by atoms with van der Waals surface area (Å²) in [4.78, 5) is 104. The molecule has 1 rings (SSSR count). The van der Waals surface area contributed by atoms with Gasteiger partial charge in [0.05, 0.1) is 19.2 Å². The molecule has 9 atom stereocenters. The zero-order valence-corrected chi connectivity index (χ0v) is 35.4. The molecule has 0 heterocycles. The van der Waals surface area contributed by atoms with Gasteiger partial charge in [-0.1, -0.05) is 66.5 Å². The average Bonchev–Trinajstić information content (AvgIpc) is 3.19. The number of nitrogens with two attached hydrogens (primary N) is 1. The standard InChI is InChI=1S/C37H60N8O11S2/c1-7-19(5)29(45-36(54)30(20(6)8-2)44-31(49)23(38)16-57)34(52)39-14-27(48)40-25(15-46)33(51)41-24(13-21-9-11-22(47)12-10-21)32(50)43-28(18(3)4)35(53)42-26(17-58)37(55)56/h9-12,18-20,23-26,28-30,46-47,57-58H,7-8,13-17,38H2,1-6H3,(H,39,52)(H,40,48)(H,41,51)(H,42,53)(H,43,50)(H,44,49)(H,45,54)(H,55,56)/t19-,20-,23-,24-,25-,26-,28-,29-,30-/m0/s1. The Bertz CT molecular complexity index is 1570. The van der Waals surface area contributed by atoms with Crippen molar-refractivity contribution in [3.05, 3.63) is 29.8 Å². The smallest absolute Gasteiger partial charge is 0.327 e. The molecule has 19 nitrogen and oxygen atoms in total. The van der Waals surface area contributed by atoms with Crippen molar-refractivity contribution in [1.29, 1.82) is 0 Å². The minimum Gasteiger partial charge on any atom is -0.508 e. The van der Waals surface area contributed by atoms with Crippen LogP contribution in [-0.2, 0) is 44.8 Å². The minimum absolute atomic E-state index is 0.0447. The Morgan fingerprint density at radius 2 is 1.12 bits per heavy atom. The molecule has 0 aliphatic carbocycles. The molecule has 0 aliphatic rings. The molecule has 0 saturated carbocycles. The minimum atomic E-state index is -1.62. The van der Waals surface area contributed by atoms with Crippen LogP contribution in [0, 0.1) is 17.8 Å². The van der Waals surface area contributed by atoms with Crippen molar-refractivity contribution >= 4 is 72.6 Å². The lowest BCUT2D eigenvalue weighted by atomic mass is 9.94. The molecule has 0 bridgehead atoms. The van der Waals surface area contributed by atoms with Gasteiger partial charge in [0, 0.05) is 17.9 Å². The number of carboxylic acid groups (broad SMARTS) is 1. The second-order valence-corrected chi connectivity index (χ2v) is 15.0. The number of carboxylic acids is 1. The number of thiol groups is 2. The topological polar surface area (TPSA) is 307 Å². The third kappa shape index (κ3) is 16.7. The highest BCUT2D eigenvalue weighted by Crippen LogP contribution is 2.14. The van der Waals surface area contributed by atoms with E-state index in [1.54, 1.807) is 34.6 Å². The van der Waals surface area contributed by atoms with Gasteiger partial charge in [-0.15, -0.1) is 0 Å². The van der Waals surface area contributed by atoms with E-state index < -0.39 is 115 Å². The monoisotopic (exact) mass is 856 g/mol. The average molecular weight is 857 g/mol. The second kappa shape index (κ2) is 25.7. The zero-order valence-electron chi connectivity index (χ0n) is 33.6. The summed E-state index contributed by atoms with van der Waals surface area (Å²) in [6.07, 6.45) is 0.785. The largest absolute Gasteiger partial charge is 0.508 e. The number of phenolic OH excluding ortho intramolecular Hbond substituents is 1. The second-order valence-electron chi connectivity index (χ2n) is 14.3. The van der Waals surface area contributed by atoms with Gasteiger partial charge >= 0.3 is 5.97 Å². The lowest BCUT2D eigenvalue weighted by Crippen LogP contribution is -2.60. The van der Waals surface area contributed by atoms with Crippen molar-refractivity contribution in [2.75, 3.05) is 24.7 Å². The van der Waals surface area contributed by atoms with Crippen molar-refractivity contribution in [2.45, 2.75) is 103 Å². The normalized spacial score (nSPS) is 15.8. The van der Waals surface area contributed by atoms with Crippen LogP contribution in [0.15, 0.2) is 24.3 Å². The van der Waals surface area contributed by atoms with Crippen LogP contribution in [0.1, 0.15) is 59.9 Å². The fourth-order valence-electron chi connectivity index (χ4n) is 5.29. The van der Waals surface area contributed by atoms with Gasteiger partial charge in [0.1, 0.15) is 42.0 Å². The van der Waals surface area contributed by atoms with Crippen LogP contribution in [0.5, 0.6) is 5.75 Å². The fourth-order valence-corrected chi connectivity index (χ4v) is 5.71. The lowest BCUT2D eigenvalue weighted by molar-refractivity contribution is -0.142. The number of aliphatic hydroxyl groups is 1. The molecule has 21 heteroatoms. The predicted molar refractivity (Wildman–Crippen MR) is 221 cm³/mol. The first-order valence-electron chi connectivity index (χ1n) is 18.9. The number of rotatable bonds is 25. The van der Waals surface area contributed by atoms with Gasteiger partial charge < -0.3 is 58.3 Å². The van der Waals surface area contributed by atoms with Crippen LogP contribution in [0.3, 0.4) is 0 Å². The van der Waals surface area contributed by atoms with Crippen molar-refractivity contribution in [1.82, 2.24) is 37.2 Å². The summed E-state index contributed by atoms with van der Waals surface area (Å²) in [6, 6.07) is -3.05. The Labute approximate surface area is 349 Å². The molecule has 0 radical (unpaired) electrons. The molecule has 0 saturated heterocycles. The summed E-state index contributed by atoms with van der Waals surface area (Å²) < 4.78 is 0. The van der Waals surface area contributed by atoms with E-state index in [1.807, 2.05) is 6.92 Å². The number of phenols is 1. The van der Waals surface area contributed by atoms with Crippen molar-refractivity contribution in [2.24, 2.45) is 23.5 Å². The van der Waals surface area contributed by atoms with Crippen LogP contribution < -0.4 is 43.0 Å². The molecule has 1 aromatic rings. The molecule has 0 unspecified atom stereocenters. The highest BCUT2D eigenvalue weighted by Gasteiger charge is 2.35. The van der Waals surface area contributed by atoms with E-state index in [0.29, 0.717) is 18.4 Å². The number of carbonyl (C=O) groups is 8. The van der Waals surface area contributed by atoms with E-state index >= 15 is 0 Å². The number of hydrogen-bond acceptors (Lipinski definition) is 13. The molecule has 0 aliphatic heterocycles. The van der Waals surface area contributed by atoms with Crippen LogP contribution in [-0.4, -0.2) is 130 Å². The van der Waals surface area contributed by atoms with E-state index in [4.69, 9.17) is 5.73 Å². The molecule has 7 amide bonds. The SMILES string of the molecule is CC[C@H](C)[C@H](NC(=O)[C@@H](NC(=O)[C@@H](N)CS)[C@@H](C)CC)C(=O)NCC(=O)N[C@@H](CO)C(=O)N[C@@H](Cc1ccc(O)cc1)C(=O)N[C@H](C(=O)N[C@@H](CS)C(=O)O)C(C)C. The number of aliphatic carboxylic acids is 1. The maximum Gasteiger partial charge on any atom is 0.327 e. The number of hydrogen-bond donors (Lipinski definition) is 13. The Balaban J connectivity index is 3.15. The van der Waals surface area contributed by atoms with Gasteiger partial charge in [-0.3, -0.25) is 33.6 Å². The van der Waals surface area contributed by atoms with E-state index in [9.17, 15) is 53.7 Å². The quantitative estimate of drug-likeness (QED) is 0.0474. The van der Waals surface area contributed by atoms with Gasteiger partial charge in [-0.25, -0.2) is 4.79 Å². The molecular formula is C37H60N8O11S2. The molecule has 0 aromatic heterocycles. The molecule has 12 N–H and O–H groups in total. The maximum atomic E-state index is 13.6. The van der Waals surface area contributed by atoms with E-state index in [2.05, 4.69) is 62.5 Å². The summed E-state index contributed by atoms with van der Waals surface area (Å²) >= 11 is 7.97. The number of carbonyl (C=O) groups excluding carboxylic acids is 7. The number of amides is 7. The number of benzene rings is 1. The summed E-state index contributed by atoms with van der Waals surface area (Å²) in [5.41, 5.74) is 6.24. The van der Waals surface area contributed by atoms with E-state index in [-0.39, 0.29) is 29.6 Å². The maximum absolute atomic E-state index is 13.6. The van der Waals surface area contributed by atoms with Crippen molar-refractivity contribution < 1.29 is 53.7 Å².